The highest BCUT2D eigenvalue weighted by atomic mass is 35.5. The molecule has 1 aromatic carbocycles. The molecule has 2 rings (SSSR count). The molecule has 0 spiro atoms. The maximum Gasteiger partial charge on any atom is 0.397 e. The van der Waals surface area contributed by atoms with E-state index in [0.29, 0.717) is 29.3 Å². The Balaban J connectivity index is 2.16. The highest BCUT2D eigenvalue weighted by Crippen LogP contribution is 2.33. The highest BCUT2D eigenvalue weighted by molar-refractivity contribution is 7.80. The van der Waals surface area contributed by atoms with Crippen LogP contribution in [0.5, 0.6) is 5.75 Å². The number of aliphatic hydroxyl groups is 1. The first-order valence-electron chi connectivity index (χ1n) is 12.1. The van der Waals surface area contributed by atoms with E-state index < -0.39 is 28.3 Å². The van der Waals surface area contributed by atoms with E-state index >= 15 is 0 Å². The van der Waals surface area contributed by atoms with Gasteiger partial charge >= 0.3 is 10.4 Å². The van der Waals surface area contributed by atoms with Crippen LogP contribution in [0, 0.1) is 23.7 Å². The summed E-state index contributed by atoms with van der Waals surface area (Å²) >= 11 is 5.92. The fourth-order valence-electron chi connectivity index (χ4n) is 3.98. The lowest BCUT2D eigenvalue weighted by Gasteiger charge is -2.32. The number of halogens is 1. The summed E-state index contributed by atoms with van der Waals surface area (Å²) in [5.74, 6) is -1.85. The average Bonchev–Trinajstić information content (AvgIpc) is 2.80. The van der Waals surface area contributed by atoms with Crippen molar-refractivity contribution in [3.63, 3.8) is 0 Å². The van der Waals surface area contributed by atoms with Crippen molar-refractivity contribution in [2.75, 3.05) is 6.61 Å². The second kappa shape index (κ2) is 13.4. The van der Waals surface area contributed by atoms with Crippen LogP contribution in [0.3, 0.4) is 0 Å². The van der Waals surface area contributed by atoms with Crippen LogP contribution >= 0.6 is 11.6 Å². The van der Waals surface area contributed by atoms with Gasteiger partial charge in [-0.25, -0.2) is 4.18 Å². The molecule has 5 atom stereocenters. The molecule has 11 heteroatoms. The van der Waals surface area contributed by atoms with Gasteiger partial charge in [-0.2, -0.15) is 8.42 Å². The van der Waals surface area contributed by atoms with E-state index in [-0.39, 0.29) is 42.5 Å². The van der Waals surface area contributed by atoms with Crippen LogP contribution < -0.4 is 4.74 Å². The Labute approximate surface area is 218 Å². The molecule has 0 saturated heterocycles. The topological polar surface area (TPSA) is 132 Å². The van der Waals surface area contributed by atoms with Crippen LogP contribution in [-0.2, 0) is 24.2 Å². The normalized spacial score (nSPS) is 21.6. The van der Waals surface area contributed by atoms with Gasteiger partial charge in [-0.15, -0.1) is 0 Å². The van der Waals surface area contributed by atoms with Crippen molar-refractivity contribution < 1.29 is 36.6 Å². The van der Waals surface area contributed by atoms with Gasteiger partial charge in [0.25, 0.3) is 0 Å². The monoisotopic (exact) mass is 545 g/mol. The summed E-state index contributed by atoms with van der Waals surface area (Å²) in [5.41, 5.74) is 0.344. The van der Waals surface area contributed by atoms with Gasteiger partial charge < -0.3 is 14.7 Å². The Kier molecular flexibility index (Phi) is 11.2. The number of hydrogen-bond acceptors (Lipinski definition) is 8. The number of carbonyl (C=O) groups is 1. The van der Waals surface area contributed by atoms with E-state index in [1.54, 1.807) is 38.1 Å². The van der Waals surface area contributed by atoms with Gasteiger partial charge in [0.1, 0.15) is 29.3 Å². The molecule has 9 nitrogen and oxygen atoms in total. The molecular formula is C25H36ClNO8S. The summed E-state index contributed by atoms with van der Waals surface area (Å²) < 4.78 is 42.7. The van der Waals surface area contributed by atoms with Crippen molar-refractivity contribution in [1.29, 1.82) is 0 Å². The third-order valence-electron chi connectivity index (χ3n) is 6.26. The van der Waals surface area contributed by atoms with E-state index in [2.05, 4.69) is 5.16 Å². The summed E-state index contributed by atoms with van der Waals surface area (Å²) in [6.45, 7) is 9.47. The second-order valence-electron chi connectivity index (χ2n) is 9.32. The zero-order valence-electron chi connectivity index (χ0n) is 21.3. The van der Waals surface area contributed by atoms with Gasteiger partial charge in [0.05, 0.1) is 11.8 Å². The lowest BCUT2D eigenvalue weighted by molar-refractivity contribution is -0.123. The molecule has 0 aliphatic heterocycles. The summed E-state index contributed by atoms with van der Waals surface area (Å²) in [7, 11) is -4.73. The van der Waals surface area contributed by atoms with Gasteiger partial charge in [-0.1, -0.05) is 57.8 Å². The standard InChI is InChI=1S/C25H36ClNO8S/c1-6-16(5)25(35-36(30,31)32)17-12-21(28)24(22(29)13-17)20(7-2)27-33-14-23(15(3)4)34-19-10-8-18(26)9-11-19/h8-12,15-17,23-25,28H,6-7,13-14H2,1-5H3,(H,30,31,32). The quantitative estimate of drug-likeness (QED) is 0.191. The van der Waals surface area contributed by atoms with Crippen molar-refractivity contribution in [2.24, 2.45) is 28.8 Å². The highest BCUT2D eigenvalue weighted by Gasteiger charge is 2.40. The van der Waals surface area contributed by atoms with Crippen molar-refractivity contribution >= 4 is 33.5 Å². The molecule has 2 N–H and O–H groups in total. The zero-order chi connectivity index (χ0) is 27.0. The summed E-state index contributed by atoms with van der Waals surface area (Å²) in [5, 5.41) is 15.5. The first kappa shape index (κ1) is 30.1. The van der Waals surface area contributed by atoms with Crippen LogP contribution in [0.1, 0.15) is 53.9 Å². The predicted octanol–water partition coefficient (Wildman–Crippen LogP) is 5.41. The minimum atomic E-state index is -4.73. The maximum absolute atomic E-state index is 13.0. The molecule has 36 heavy (non-hydrogen) atoms. The Morgan fingerprint density at radius 2 is 1.83 bits per heavy atom. The number of carbonyl (C=O) groups excluding carboxylic acids is 1. The van der Waals surface area contributed by atoms with Gasteiger partial charge in [0, 0.05) is 17.4 Å². The fourth-order valence-corrected chi connectivity index (χ4v) is 4.72. The molecule has 0 amide bonds. The number of aliphatic hydroxyl groups excluding tert-OH is 1. The van der Waals surface area contributed by atoms with Gasteiger partial charge in [-0.3, -0.25) is 9.35 Å². The zero-order valence-corrected chi connectivity index (χ0v) is 22.8. The average molecular weight is 546 g/mol. The summed E-state index contributed by atoms with van der Waals surface area (Å²) in [4.78, 5) is 18.6. The summed E-state index contributed by atoms with van der Waals surface area (Å²) in [6, 6.07) is 6.98. The minimum absolute atomic E-state index is 0.0768. The Hall–Kier alpha value is -2.14. The number of oxime groups is 1. The summed E-state index contributed by atoms with van der Waals surface area (Å²) in [6.07, 6.45) is 0.921. The number of allylic oxidation sites excluding steroid dienone is 1. The number of benzene rings is 1. The molecule has 1 aliphatic rings. The fraction of sp³-hybridized carbons (Fsp3) is 0.600. The number of rotatable bonds is 13. The van der Waals surface area contributed by atoms with E-state index in [4.69, 9.17) is 25.4 Å². The first-order valence-corrected chi connectivity index (χ1v) is 13.8. The first-order chi connectivity index (χ1) is 16.9. The molecule has 1 aromatic rings. The third-order valence-corrected chi connectivity index (χ3v) is 6.98. The molecule has 0 heterocycles. The molecule has 0 bridgehead atoms. The van der Waals surface area contributed by atoms with E-state index in [1.807, 2.05) is 20.8 Å². The van der Waals surface area contributed by atoms with Crippen LogP contribution in [0.4, 0.5) is 0 Å². The molecule has 1 aliphatic carbocycles. The van der Waals surface area contributed by atoms with Crippen molar-refractivity contribution in [2.45, 2.75) is 66.1 Å². The molecule has 202 valence electrons. The Morgan fingerprint density at radius 3 is 2.33 bits per heavy atom. The molecule has 5 unspecified atom stereocenters. The SMILES string of the molecule is CCC(=NOCC(Oc1ccc(Cl)cc1)C(C)C)C1C(=O)CC(C(OS(=O)(=O)O)C(C)CC)C=C1O. The van der Waals surface area contributed by atoms with E-state index in [1.165, 1.54) is 6.08 Å². The lowest BCUT2D eigenvalue weighted by Crippen LogP contribution is -2.39. The number of nitrogens with zero attached hydrogens (tertiary/aromatic N) is 1. The number of ketones is 1. The third kappa shape index (κ3) is 8.76. The van der Waals surface area contributed by atoms with E-state index in [0.717, 1.165) is 0 Å². The van der Waals surface area contributed by atoms with Crippen molar-refractivity contribution in [1.82, 2.24) is 0 Å². The number of Topliss-reactive ketones (excluding diaryl/α,β-unsaturated/α-hetero) is 1. The van der Waals surface area contributed by atoms with E-state index in [9.17, 15) is 22.9 Å². The molecule has 0 radical (unpaired) electrons. The van der Waals surface area contributed by atoms with Crippen molar-refractivity contribution in [3.8, 4) is 5.75 Å². The van der Waals surface area contributed by atoms with Gasteiger partial charge in [0.15, 0.2) is 6.61 Å². The smallest absolute Gasteiger partial charge is 0.397 e. The molecule has 0 aromatic heterocycles. The largest absolute Gasteiger partial charge is 0.511 e. The number of hydrogen-bond donors (Lipinski definition) is 2. The minimum Gasteiger partial charge on any atom is -0.511 e. The van der Waals surface area contributed by atoms with Crippen LogP contribution in [-0.4, -0.2) is 48.4 Å². The molecule has 0 fully saturated rings. The maximum atomic E-state index is 13.0. The van der Waals surface area contributed by atoms with Gasteiger partial charge in [0.2, 0.25) is 0 Å². The Morgan fingerprint density at radius 1 is 1.19 bits per heavy atom. The Bertz CT molecular complexity index is 1040. The van der Waals surface area contributed by atoms with Crippen LogP contribution in [0.2, 0.25) is 5.02 Å². The number of ether oxygens (including phenoxy) is 1. The van der Waals surface area contributed by atoms with Gasteiger partial charge in [-0.05, 0) is 48.6 Å². The van der Waals surface area contributed by atoms with Crippen LogP contribution in [0.15, 0.2) is 41.3 Å². The predicted molar refractivity (Wildman–Crippen MR) is 138 cm³/mol. The second-order valence-corrected chi connectivity index (χ2v) is 10.8. The molecular weight excluding hydrogens is 510 g/mol. The van der Waals surface area contributed by atoms with Crippen molar-refractivity contribution in [3.05, 3.63) is 41.1 Å². The molecule has 0 saturated carbocycles. The van der Waals surface area contributed by atoms with Crippen LogP contribution in [0.25, 0.3) is 0 Å². The lowest BCUT2D eigenvalue weighted by atomic mass is 9.77.